The summed E-state index contributed by atoms with van der Waals surface area (Å²) in [6.45, 7) is 0. The van der Waals surface area contributed by atoms with Crippen LogP contribution < -0.4 is 10.5 Å². The van der Waals surface area contributed by atoms with Crippen molar-refractivity contribution in [3.8, 4) is 27.5 Å². The number of methoxy groups -OCH3 is 1. The maximum absolute atomic E-state index is 5.92. The number of hydrogen-bond donors (Lipinski definition) is 1. The molecule has 0 saturated carbocycles. The Bertz CT molecular complexity index is 734. The van der Waals surface area contributed by atoms with Crippen LogP contribution in [-0.4, -0.2) is 12.3 Å². The van der Waals surface area contributed by atoms with Crippen LogP contribution >= 0.6 is 22.9 Å². The van der Waals surface area contributed by atoms with Crippen molar-refractivity contribution in [2.75, 3.05) is 12.8 Å². The number of nitrogens with zero attached hydrogens (tertiary/aromatic N) is 1. The molecule has 4 nitrogen and oxygen atoms in total. The molecule has 0 aliphatic carbocycles. The number of benzene rings is 1. The minimum atomic E-state index is 0.356. The van der Waals surface area contributed by atoms with Crippen LogP contribution in [0.4, 0.5) is 5.82 Å². The van der Waals surface area contributed by atoms with Crippen LogP contribution in [-0.2, 0) is 0 Å². The lowest BCUT2D eigenvalue weighted by atomic mass is 10.1. The van der Waals surface area contributed by atoms with Gasteiger partial charge in [-0.05, 0) is 17.7 Å². The molecule has 0 atom stereocenters. The lowest BCUT2D eigenvalue weighted by Gasteiger charge is -2.01. The van der Waals surface area contributed by atoms with Gasteiger partial charge in [-0.1, -0.05) is 28.9 Å². The minimum absolute atomic E-state index is 0.356. The van der Waals surface area contributed by atoms with Crippen LogP contribution in [0, 0.1) is 0 Å². The molecule has 0 unspecified atom stereocenters. The van der Waals surface area contributed by atoms with Gasteiger partial charge < -0.3 is 15.0 Å². The summed E-state index contributed by atoms with van der Waals surface area (Å²) in [5.41, 5.74) is 7.61. The number of ether oxygens (including phenoxy) is 1. The first kappa shape index (κ1) is 13.0. The number of hydrogen-bond acceptors (Lipinski definition) is 5. The van der Waals surface area contributed by atoms with Crippen LogP contribution in [0.15, 0.2) is 40.2 Å². The molecule has 0 bridgehead atoms. The van der Waals surface area contributed by atoms with E-state index in [1.165, 1.54) is 11.3 Å². The first-order valence-electron chi connectivity index (χ1n) is 5.83. The number of rotatable bonds is 3. The topological polar surface area (TPSA) is 61.3 Å². The SMILES string of the molecule is COc1csc(-c2onc(N)c2-c2ccc(Cl)cc2)c1. The van der Waals surface area contributed by atoms with E-state index >= 15 is 0 Å². The summed E-state index contributed by atoms with van der Waals surface area (Å²) in [4.78, 5) is 0.913. The fourth-order valence-electron chi connectivity index (χ4n) is 1.91. The fraction of sp³-hybridized carbons (Fsp3) is 0.0714. The zero-order valence-corrected chi connectivity index (χ0v) is 12.2. The monoisotopic (exact) mass is 306 g/mol. The highest BCUT2D eigenvalue weighted by atomic mass is 35.5. The number of aromatic nitrogens is 1. The number of nitrogen functional groups attached to an aromatic ring is 1. The number of anilines is 1. The van der Waals surface area contributed by atoms with Crippen molar-refractivity contribution >= 4 is 28.8 Å². The van der Waals surface area contributed by atoms with Crippen LogP contribution in [0.25, 0.3) is 21.8 Å². The predicted octanol–water partition coefficient (Wildman–Crippen LogP) is 4.31. The molecule has 0 amide bonds. The van der Waals surface area contributed by atoms with Gasteiger partial charge in [0.15, 0.2) is 11.6 Å². The third-order valence-electron chi connectivity index (χ3n) is 2.89. The molecule has 0 radical (unpaired) electrons. The third-order valence-corrected chi connectivity index (χ3v) is 4.05. The van der Waals surface area contributed by atoms with Gasteiger partial charge in [-0.15, -0.1) is 11.3 Å². The Morgan fingerprint density at radius 3 is 2.70 bits per heavy atom. The van der Waals surface area contributed by atoms with E-state index in [4.69, 9.17) is 26.6 Å². The molecular formula is C14H11ClN2O2S. The number of nitrogens with two attached hydrogens (primary N) is 1. The Balaban J connectivity index is 2.11. The molecule has 0 fully saturated rings. The molecule has 3 aromatic rings. The summed E-state index contributed by atoms with van der Waals surface area (Å²) in [7, 11) is 1.63. The smallest absolute Gasteiger partial charge is 0.186 e. The van der Waals surface area contributed by atoms with Gasteiger partial charge in [-0.25, -0.2) is 0 Å². The fourth-order valence-corrected chi connectivity index (χ4v) is 2.87. The van der Waals surface area contributed by atoms with Crippen LogP contribution in [0.3, 0.4) is 0 Å². The van der Waals surface area contributed by atoms with Crippen molar-refractivity contribution < 1.29 is 9.26 Å². The third kappa shape index (κ3) is 2.26. The van der Waals surface area contributed by atoms with Crippen molar-refractivity contribution in [2.24, 2.45) is 0 Å². The maximum atomic E-state index is 5.92. The molecule has 0 spiro atoms. The lowest BCUT2D eigenvalue weighted by molar-refractivity contribution is 0.416. The molecule has 6 heteroatoms. The van der Waals surface area contributed by atoms with E-state index < -0.39 is 0 Å². The van der Waals surface area contributed by atoms with E-state index in [9.17, 15) is 0 Å². The van der Waals surface area contributed by atoms with E-state index in [1.807, 2.05) is 35.7 Å². The molecule has 1 aromatic carbocycles. The summed E-state index contributed by atoms with van der Waals surface area (Å²) in [6, 6.07) is 9.29. The molecule has 20 heavy (non-hydrogen) atoms. The van der Waals surface area contributed by atoms with E-state index in [0.29, 0.717) is 16.6 Å². The van der Waals surface area contributed by atoms with E-state index in [1.54, 1.807) is 7.11 Å². The summed E-state index contributed by atoms with van der Waals surface area (Å²) in [5, 5.41) is 6.43. The second-order valence-electron chi connectivity index (χ2n) is 4.13. The summed E-state index contributed by atoms with van der Waals surface area (Å²) in [5.74, 6) is 1.77. The Labute approximate surface area is 124 Å². The Kier molecular flexibility index (Phi) is 3.38. The van der Waals surface area contributed by atoms with Gasteiger partial charge in [0.1, 0.15) is 5.75 Å². The second-order valence-corrected chi connectivity index (χ2v) is 5.48. The quantitative estimate of drug-likeness (QED) is 0.783. The average Bonchev–Trinajstić information content (AvgIpc) is 3.06. The average molecular weight is 307 g/mol. The van der Waals surface area contributed by atoms with Crippen molar-refractivity contribution in [1.29, 1.82) is 0 Å². The van der Waals surface area contributed by atoms with E-state index in [2.05, 4.69) is 5.16 Å². The molecule has 2 heterocycles. The highest BCUT2D eigenvalue weighted by Crippen LogP contribution is 2.40. The highest BCUT2D eigenvalue weighted by Gasteiger charge is 2.19. The van der Waals surface area contributed by atoms with Crippen LogP contribution in [0.1, 0.15) is 0 Å². The van der Waals surface area contributed by atoms with E-state index in [0.717, 1.165) is 21.8 Å². The molecule has 102 valence electrons. The second kappa shape index (κ2) is 5.19. The Morgan fingerprint density at radius 2 is 2.05 bits per heavy atom. The molecule has 0 saturated heterocycles. The van der Waals surface area contributed by atoms with Crippen molar-refractivity contribution in [2.45, 2.75) is 0 Å². The van der Waals surface area contributed by atoms with Gasteiger partial charge in [-0.3, -0.25) is 0 Å². The first-order chi connectivity index (χ1) is 9.69. The maximum Gasteiger partial charge on any atom is 0.186 e. The predicted molar refractivity (Wildman–Crippen MR) is 81.2 cm³/mol. The van der Waals surface area contributed by atoms with Gasteiger partial charge in [0.2, 0.25) is 0 Å². The Hall–Kier alpha value is -1.98. The first-order valence-corrected chi connectivity index (χ1v) is 7.09. The summed E-state index contributed by atoms with van der Waals surface area (Å²) < 4.78 is 10.6. The van der Waals surface area contributed by atoms with Gasteiger partial charge >= 0.3 is 0 Å². The summed E-state index contributed by atoms with van der Waals surface area (Å²) in [6.07, 6.45) is 0. The minimum Gasteiger partial charge on any atom is -0.496 e. The van der Waals surface area contributed by atoms with Gasteiger partial charge in [0.05, 0.1) is 17.6 Å². The highest BCUT2D eigenvalue weighted by molar-refractivity contribution is 7.13. The molecule has 0 aliphatic heterocycles. The number of halogens is 1. The van der Waals surface area contributed by atoms with Crippen LogP contribution in [0.5, 0.6) is 5.75 Å². The zero-order chi connectivity index (χ0) is 14.1. The van der Waals surface area contributed by atoms with Gasteiger partial charge in [-0.2, -0.15) is 0 Å². The molecular weight excluding hydrogens is 296 g/mol. The standard InChI is InChI=1S/C14H11ClN2O2S/c1-18-10-6-11(20-7-10)13-12(14(16)17-19-13)8-2-4-9(15)5-3-8/h2-7H,1H3,(H2,16,17). The lowest BCUT2D eigenvalue weighted by Crippen LogP contribution is -1.88. The molecule has 3 rings (SSSR count). The normalized spacial score (nSPS) is 10.7. The number of thiophene rings is 1. The molecule has 2 aromatic heterocycles. The summed E-state index contributed by atoms with van der Waals surface area (Å²) >= 11 is 7.42. The van der Waals surface area contributed by atoms with E-state index in [-0.39, 0.29) is 0 Å². The van der Waals surface area contributed by atoms with Crippen molar-refractivity contribution in [3.05, 3.63) is 40.7 Å². The van der Waals surface area contributed by atoms with Crippen LogP contribution in [0.2, 0.25) is 5.02 Å². The van der Waals surface area contributed by atoms with Crippen molar-refractivity contribution in [1.82, 2.24) is 5.16 Å². The molecule has 2 N–H and O–H groups in total. The zero-order valence-electron chi connectivity index (χ0n) is 10.6. The van der Waals surface area contributed by atoms with Crippen molar-refractivity contribution in [3.63, 3.8) is 0 Å². The largest absolute Gasteiger partial charge is 0.496 e. The Morgan fingerprint density at radius 1 is 1.30 bits per heavy atom. The molecule has 0 aliphatic rings. The van der Waals surface area contributed by atoms with Gasteiger partial charge in [0.25, 0.3) is 0 Å². The van der Waals surface area contributed by atoms with Gasteiger partial charge in [0, 0.05) is 16.5 Å².